The van der Waals surface area contributed by atoms with Gasteiger partial charge < -0.3 is 10.1 Å². The van der Waals surface area contributed by atoms with Crippen LogP contribution in [0.5, 0.6) is 0 Å². The van der Waals surface area contributed by atoms with E-state index < -0.39 is 0 Å². The number of benzene rings is 2. The van der Waals surface area contributed by atoms with Crippen LogP contribution in [0.4, 0.5) is 5.69 Å². The van der Waals surface area contributed by atoms with Crippen LogP contribution in [-0.4, -0.2) is 24.4 Å². The highest BCUT2D eigenvalue weighted by atomic mass is 79.9. The second-order valence-corrected chi connectivity index (χ2v) is 7.38. The number of anilines is 1. The molecule has 1 heterocycles. The highest BCUT2D eigenvalue weighted by molar-refractivity contribution is 9.10. The van der Waals surface area contributed by atoms with Crippen LogP contribution in [0.25, 0.3) is 0 Å². The van der Waals surface area contributed by atoms with Gasteiger partial charge in [0, 0.05) is 27.4 Å². The molecule has 0 bridgehead atoms. The molecule has 3 rings (SSSR count). The van der Waals surface area contributed by atoms with Gasteiger partial charge in [-0.1, -0.05) is 34.1 Å². The number of ether oxygens (including phenoxy) is 1. The Bertz CT molecular complexity index is 686. The van der Waals surface area contributed by atoms with Crippen LogP contribution in [0.1, 0.15) is 23.2 Å². The average Bonchev–Trinajstić information content (AvgIpc) is 3.06. The summed E-state index contributed by atoms with van der Waals surface area (Å²) in [5, 5.41) is 2.95. The van der Waals surface area contributed by atoms with Crippen LogP contribution in [0.15, 0.2) is 57.9 Å². The topological polar surface area (TPSA) is 38.3 Å². The molecule has 2 aromatic rings. The highest BCUT2D eigenvalue weighted by Crippen LogP contribution is 2.27. The summed E-state index contributed by atoms with van der Waals surface area (Å²) in [5.74, 6) is 0.805. The van der Waals surface area contributed by atoms with Gasteiger partial charge in [0.1, 0.15) is 0 Å². The molecule has 1 saturated heterocycles. The van der Waals surface area contributed by atoms with Crippen molar-refractivity contribution in [1.29, 1.82) is 0 Å². The van der Waals surface area contributed by atoms with Gasteiger partial charge in [0.15, 0.2) is 0 Å². The summed E-state index contributed by atoms with van der Waals surface area (Å²) in [6.07, 6.45) is 2.55. The van der Waals surface area contributed by atoms with E-state index >= 15 is 0 Å². The SMILES string of the molecule is O=C(Nc1cccc(Br)c1)c1ccccc1SCC1CCCO1. The molecular formula is C18H18BrNO2S. The van der Waals surface area contributed by atoms with Gasteiger partial charge in [0.2, 0.25) is 0 Å². The molecular weight excluding hydrogens is 374 g/mol. The van der Waals surface area contributed by atoms with Crippen molar-refractivity contribution >= 4 is 39.3 Å². The zero-order valence-electron chi connectivity index (χ0n) is 12.6. The molecule has 0 radical (unpaired) electrons. The lowest BCUT2D eigenvalue weighted by Crippen LogP contribution is -2.14. The number of thioether (sulfide) groups is 1. The molecule has 5 heteroatoms. The number of carbonyl (C=O) groups excluding carboxylic acids is 1. The Morgan fingerprint density at radius 3 is 2.91 bits per heavy atom. The van der Waals surface area contributed by atoms with E-state index in [1.807, 2.05) is 48.5 Å². The van der Waals surface area contributed by atoms with E-state index in [0.29, 0.717) is 11.7 Å². The zero-order chi connectivity index (χ0) is 16.1. The minimum Gasteiger partial charge on any atom is -0.377 e. The first kappa shape index (κ1) is 16.6. The fraction of sp³-hybridized carbons (Fsp3) is 0.278. The minimum atomic E-state index is -0.0847. The standard InChI is InChI=1S/C18H18BrNO2S/c19-13-5-3-6-14(11-13)20-18(21)16-8-1-2-9-17(16)23-12-15-7-4-10-22-15/h1-3,5-6,8-9,11,15H,4,7,10,12H2,(H,20,21). The van der Waals surface area contributed by atoms with E-state index in [0.717, 1.165) is 40.3 Å². The van der Waals surface area contributed by atoms with Crippen molar-refractivity contribution in [2.75, 3.05) is 17.7 Å². The summed E-state index contributed by atoms with van der Waals surface area (Å²) < 4.78 is 6.60. The van der Waals surface area contributed by atoms with Crippen molar-refractivity contribution in [2.45, 2.75) is 23.8 Å². The number of halogens is 1. The maximum atomic E-state index is 12.6. The van der Waals surface area contributed by atoms with E-state index in [4.69, 9.17) is 4.74 Å². The fourth-order valence-corrected chi connectivity index (χ4v) is 4.02. The van der Waals surface area contributed by atoms with E-state index in [1.54, 1.807) is 11.8 Å². The van der Waals surface area contributed by atoms with Crippen molar-refractivity contribution < 1.29 is 9.53 Å². The Morgan fingerprint density at radius 2 is 2.13 bits per heavy atom. The second kappa shape index (κ2) is 7.99. The van der Waals surface area contributed by atoms with Gasteiger partial charge in [-0.25, -0.2) is 0 Å². The first-order valence-corrected chi connectivity index (χ1v) is 9.40. The summed E-state index contributed by atoms with van der Waals surface area (Å²) in [6, 6.07) is 15.3. The van der Waals surface area contributed by atoms with Crippen LogP contribution in [0.2, 0.25) is 0 Å². The molecule has 1 aliphatic rings. The Morgan fingerprint density at radius 1 is 1.26 bits per heavy atom. The lowest BCUT2D eigenvalue weighted by Gasteiger charge is -2.12. The average molecular weight is 392 g/mol. The van der Waals surface area contributed by atoms with E-state index in [2.05, 4.69) is 21.2 Å². The molecule has 0 spiro atoms. The number of hydrogen-bond donors (Lipinski definition) is 1. The molecule has 2 aromatic carbocycles. The monoisotopic (exact) mass is 391 g/mol. The van der Waals surface area contributed by atoms with E-state index in [9.17, 15) is 4.79 Å². The Kier molecular flexibility index (Phi) is 5.75. The Labute approximate surface area is 148 Å². The molecule has 1 amide bonds. The summed E-state index contributed by atoms with van der Waals surface area (Å²) in [7, 11) is 0. The van der Waals surface area contributed by atoms with Crippen molar-refractivity contribution in [3.8, 4) is 0 Å². The van der Waals surface area contributed by atoms with Crippen molar-refractivity contribution in [2.24, 2.45) is 0 Å². The summed E-state index contributed by atoms with van der Waals surface area (Å²) in [6.45, 7) is 0.857. The minimum absolute atomic E-state index is 0.0847. The number of amides is 1. The van der Waals surface area contributed by atoms with Crippen molar-refractivity contribution in [3.05, 3.63) is 58.6 Å². The highest BCUT2D eigenvalue weighted by Gasteiger charge is 2.18. The number of carbonyl (C=O) groups is 1. The van der Waals surface area contributed by atoms with Crippen LogP contribution in [-0.2, 0) is 4.74 Å². The summed E-state index contributed by atoms with van der Waals surface area (Å²) in [5.41, 5.74) is 1.48. The molecule has 0 aromatic heterocycles. The van der Waals surface area contributed by atoms with Gasteiger partial charge in [-0.15, -0.1) is 11.8 Å². The van der Waals surface area contributed by atoms with Crippen molar-refractivity contribution in [3.63, 3.8) is 0 Å². The van der Waals surface area contributed by atoms with Gasteiger partial charge in [0.05, 0.1) is 11.7 Å². The molecule has 3 nitrogen and oxygen atoms in total. The van der Waals surface area contributed by atoms with Crippen LogP contribution in [0.3, 0.4) is 0 Å². The Balaban J connectivity index is 1.69. The third-order valence-corrected chi connectivity index (χ3v) is 5.36. The third-order valence-electron chi connectivity index (χ3n) is 3.66. The molecule has 0 saturated carbocycles. The van der Waals surface area contributed by atoms with Crippen LogP contribution >= 0.6 is 27.7 Å². The third kappa shape index (κ3) is 4.59. The lowest BCUT2D eigenvalue weighted by molar-refractivity contribution is 0.102. The number of nitrogens with one attached hydrogen (secondary N) is 1. The second-order valence-electron chi connectivity index (χ2n) is 5.41. The predicted molar refractivity (Wildman–Crippen MR) is 98.2 cm³/mol. The van der Waals surface area contributed by atoms with Gasteiger partial charge in [-0.3, -0.25) is 4.79 Å². The zero-order valence-corrected chi connectivity index (χ0v) is 15.0. The molecule has 1 N–H and O–H groups in total. The number of hydrogen-bond acceptors (Lipinski definition) is 3. The molecule has 1 unspecified atom stereocenters. The molecule has 1 aliphatic heterocycles. The van der Waals surface area contributed by atoms with Gasteiger partial charge in [-0.05, 0) is 43.2 Å². The number of rotatable bonds is 5. The molecule has 120 valence electrons. The molecule has 1 fully saturated rings. The maximum Gasteiger partial charge on any atom is 0.256 e. The fourth-order valence-electron chi connectivity index (χ4n) is 2.50. The molecule has 0 aliphatic carbocycles. The van der Waals surface area contributed by atoms with E-state index in [-0.39, 0.29) is 5.91 Å². The quantitative estimate of drug-likeness (QED) is 0.730. The predicted octanol–water partition coefficient (Wildman–Crippen LogP) is 4.97. The van der Waals surface area contributed by atoms with Gasteiger partial charge in [0.25, 0.3) is 5.91 Å². The first-order chi connectivity index (χ1) is 11.2. The molecule has 1 atom stereocenters. The molecule has 23 heavy (non-hydrogen) atoms. The van der Waals surface area contributed by atoms with Crippen LogP contribution in [0, 0.1) is 0 Å². The van der Waals surface area contributed by atoms with Crippen LogP contribution < -0.4 is 5.32 Å². The largest absolute Gasteiger partial charge is 0.377 e. The Hall–Kier alpha value is -1.30. The van der Waals surface area contributed by atoms with E-state index in [1.165, 1.54) is 0 Å². The maximum absolute atomic E-state index is 12.6. The van der Waals surface area contributed by atoms with Crippen molar-refractivity contribution in [1.82, 2.24) is 0 Å². The summed E-state index contributed by atoms with van der Waals surface area (Å²) >= 11 is 5.11. The van der Waals surface area contributed by atoms with Gasteiger partial charge in [-0.2, -0.15) is 0 Å². The lowest BCUT2D eigenvalue weighted by atomic mass is 10.2. The first-order valence-electron chi connectivity index (χ1n) is 7.63. The summed E-state index contributed by atoms with van der Waals surface area (Å²) in [4.78, 5) is 13.6. The van der Waals surface area contributed by atoms with Gasteiger partial charge >= 0.3 is 0 Å². The normalized spacial score (nSPS) is 17.2. The smallest absolute Gasteiger partial charge is 0.256 e.